The number of benzene rings is 1. The zero-order chi connectivity index (χ0) is 15.2. The highest BCUT2D eigenvalue weighted by atomic mass is 16.2. The molecule has 1 aromatic carbocycles. The molecule has 0 fully saturated rings. The van der Waals surface area contributed by atoms with Crippen LogP contribution in [0.25, 0.3) is 0 Å². The first-order valence-electron chi connectivity index (χ1n) is 7.19. The summed E-state index contributed by atoms with van der Waals surface area (Å²) in [4.78, 5) is 16.9. The van der Waals surface area contributed by atoms with Gasteiger partial charge in [-0.3, -0.25) is 9.78 Å². The molecule has 3 rings (SSSR count). The van der Waals surface area contributed by atoms with E-state index in [4.69, 9.17) is 0 Å². The molecule has 0 bridgehead atoms. The monoisotopic (exact) mass is 291 g/mol. The van der Waals surface area contributed by atoms with Gasteiger partial charge in [0.05, 0.1) is 12.2 Å². The van der Waals surface area contributed by atoms with E-state index in [0.717, 1.165) is 11.3 Å². The van der Waals surface area contributed by atoms with Gasteiger partial charge in [0.2, 0.25) is 5.91 Å². The van der Waals surface area contributed by atoms with Crippen LogP contribution in [0.4, 0.5) is 0 Å². The van der Waals surface area contributed by atoms with Gasteiger partial charge in [-0.05, 0) is 29.8 Å². The Morgan fingerprint density at radius 2 is 1.73 bits per heavy atom. The first-order valence-corrected chi connectivity index (χ1v) is 7.19. The second-order valence-corrected chi connectivity index (χ2v) is 4.98. The number of nitrogens with zero attached hydrogens (tertiary/aromatic N) is 2. The van der Waals surface area contributed by atoms with Crippen LogP contribution in [0.15, 0.2) is 79.3 Å². The molecule has 3 aromatic rings. The fourth-order valence-electron chi connectivity index (χ4n) is 2.39. The van der Waals surface area contributed by atoms with E-state index in [2.05, 4.69) is 10.3 Å². The summed E-state index contributed by atoms with van der Waals surface area (Å²) in [5, 5.41) is 2.96. The Bertz CT molecular complexity index is 709. The van der Waals surface area contributed by atoms with Crippen molar-refractivity contribution in [1.29, 1.82) is 0 Å². The number of amides is 1. The van der Waals surface area contributed by atoms with Crippen LogP contribution < -0.4 is 5.32 Å². The van der Waals surface area contributed by atoms with Gasteiger partial charge in [-0.2, -0.15) is 0 Å². The number of carbonyl (C=O) groups is 1. The van der Waals surface area contributed by atoms with Gasteiger partial charge in [-0.25, -0.2) is 0 Å². The van der Waals surface area contributed by atoms with Crippen LogP contribution in [0, 0.1) is 0 Å². The standard InChI is InChI=1S/C18H17N3O/c22-18(20-14-16-10-4-5-11-19-16)17(21-12-6-7-13-21)15-8-2-1-3-9-15/h1-13,17H,14H2,(H,20,22). The van der Waals surface area contributed by atoms with Crippen LogP contribution in [0.5, 0.6) is 0 Å². The first kappa shape index (κ1) is 14.1. The molecule has 22 heavy (non-hydrogen) atoms. The fourth-order valence-corrected chi connectivity index (χ4v) is 2.39. The average molecular weight is 291 g/mol. The van der Waals surface area contributed by atoms with E-state index < -0.39 is 0 Å². The van der Waals surface area contributed by atoms with Gasteiger partial charge in [-0.15, -0.1) is 0 Å². The third kappa shape index (κ3) is 3.23. The summed E-state index contributed by atoms with van der Waals surface area (Å²) >= 11 is 0. The predicted molar refractivity (Wildman–Crippen MR) is 85.1 cm³/mol. The van der Waals surface area contributed by atoms with Gasteiger partial charge < -0.3 is 9.88 Å². The minimum atomic E-state index is -0.375. The Kier molecular flexibility index (Phi) is 4.30. The van der Waals surface area contributed by atoms with Crippen LogP contribution in [-0.2, 0) is 11.3 Å². The molecule has 0 spiro atoms. The molecule has 0 saturated heterocycles. The van der Waals surface area contributed by atoms with Crippen LogP contribution >= 0.6 is 0 Å². The van der Waals surface area contributed by atoms with Crippen LogP contribution in [0.2, 0.25) is 0 Å². The summed E-state index contributed by atoms with van der Waals surface area (Å²) < 4.78 is 1.91. The first-order chi connectivity index (χ1) is 10.8. The van der Waals surface area contributed by atoms with E-state index in [0.29, 0.717) is 6.54 Å². The SMILES string of the molecule is O=C(NCc1ccccn1)C(c1ccccc1)n1cccc1. The summed E-state index contributed by atoms with van der Waals surface area (Å²) in [6.45, 7) is 0.421. The van der Waals surface area contributed by atoms with Crippen molar-refractivity contribution in [1.82, 2.24) is 14.9 Å². The van der Waals surface area contributed by atoms with Gasteiger partial charge in [0, 0.05) is 18.6 Å². The molecule has 1 amide bonds. The lowest BCUT2D eigenvalue weighted by Gasteiger charge is -2.19. The maximum atomic E-state index is 12.7. The van der Waals surface area contributed by atoms with Crippen LogP contribution in [0.3, 0.4) is 0 Å². The molecule has 0 radical (unpaired) electrons. The van der Waals surface area contributed by atoms with Crippen LogP contribution in [0.1, 0.15) is 17.3 Å². The molecule has 1 unspecified atom stereocenters. The molecule has 0 aliphatic rings. The molecule has 110 valence electrons. The molecule has 2 heterocycles. The summed E-state index contributed by atoms with van der Waals surface area (Å²) in [5.41, 5.74) is 1.80. The van der Waals surface area contributed by atoms with Gasteiger partial charge in [0.25, 0.3) is 0 Å². The van der Waals surface area contributed by atoms with Crippen molar-refractivity contribution in [2.75, 3.05) is 0 Å². The number of hydrogen-bond donors (Lipinski definition) is 1. The number of carbonyl (C=O) groups excluding carboxylic acids is 1. The third-order valence-electron chi connectivity index (χ3n) is 3.46. The number of hydrogen-bond acceptors (Lipinski definition) is 2. The Morgan fingerprint density at radius 3 is 2.41 bits per heavy atom. The topological polar surface area (TPSA) is 46.9 Å². The highest BCUT2D eigenvalue weighted by molar-refractivity contribution is 5.83. The van der Waals surface area contributed by atoms with E-state index in [1.54, 1.807) is 6.20 Å². The average Bonchev–Trinajstić information content (AvgIpc) is 3.09. The quantitative estimate of drug-likeness (QED) is 0.785. The largest absolute Gasteiger partial charge is 0.348 e. The predicted octanol–water partition coefficient (Wildman–Crippen LogP) is 2.79. The molecule has 1 atom stereocenters. The normalized spacial score (nSPS) is 11.8. The molecule has 0 aliphatic carbocycles. The smallest absolute Gasteiger partial charge is 0.248 e. The van der Waals surface area contributed by atoms with Gasteiger partial charge in [-0.1, -0.05) is 36.4 Å². The summed E-state index contributed by atoms with van der Waals surface area (Å²) in [6, 6.07) is 18.9. The van der Waals surface area contributed by atoms with Crippen molar-refractivity contribution in [2.45, 2.75) is 12.6 Å². The van der Waals surface area contributed by atoms with Gasteiger partial charge in [0.15, 0.2) is 0 Å². The molecule has 1 N–H and O–H groups in total. The van der Waals surface area contributed by atoms with Crippen molar-refractivity contribution in [2.24, 2.45) is 0 Å². The molecule has 0 saturated carbocycles. The Balaban J connectivity index is 1.79. The lowest BCUT2D eigenvalue weighted by Crippen LogP contribution is -2.32. The van der Waals surface area contributed by atoms with Gasteiger partial charge >= 0.3 is 0 Å². The second kappa shape index (κ2) is 6.72. The number of aromatic nitrogens is 2. The van der Waals surface area contributed by atoms with Crippen molar-refractivity contribution < 1.29 is 4.79 Å². The lowest BCUT2D eigenvalue weighted by molar-refractivity contribution is -0.123. The van der Waals surface area contributed by atoms with E-state index in [-0.39, 0.29) is 11.9 Å². The maximum absolute atomic E-state index is 12.7. The van der Waals surface area contributed by atoms with E-state index in [1.807, 2.05) is 77.6 Å². The zero-order valence-electron chi connectivity index (χ0n) is 12.1. The maximum Gasteiger partial charge on any atom is 0.248 e. The molecule has 0 aliphatic heterocycles. The van der Waals surface area contributed by atoms with Crippen molar-refractivity contribution >= 4 is 5.91 Å². The molecule has 4 heteroatoms. The van der Waals surface area contributed by atoms with Crippen LogP contribution in [-0.4, -0.2) is 15.5 Å². The Morgan fingerprint density at radius 1 is 1.00 bits per heavy atom. The van der Waals surface area contributed by atoms with Crippen molar-refractivity contribution in [3.05, 3.63) is 90.5 Å². The Labute approximate surface area is 129 Å². The number of pyridine rings is 1. The molecule has 2 aromatic heterocycles. The molecule has 4 nitrogen and oxygen atoms in total. The zero-order valence-corrected chi connectivity index (χ0v) is 12.1. The highest BCUT2D eigenvalue weighted by Crippen LogP contribution is 2.18. The summed E-state index contributed by atoms with van der Waals surface area (Å²) in [7, 11) is 0. The molecular formula is C18H17N3O. The highest BCUT2D eigenvalue weighted by Gasteiger charge is 2.21. The second-order valence-electron chi connectivity index (χ2n) is 4.98. The minimum Gasteiger partial charge on any atom is -0.348 e. The van der Waals surface area contributed by atoms with Crippen molar-refractivity contribution in [3.8, 4) is 0 Å². The van der Waals surface area contributed by atoms with Crippen molar-refractivity contribution in [3.63, 3.8) is 0 Å². The minimum absolute atomic E-state index is 0.0481. The number of rotatable bonds is 5. The summed E-state index contributed by atoms with van der Waals surface area (Å²) in [5.74, 6) is -0.0481. The molecular weight excluding hydrogens is 274 g/mol. The Hall–Kier alpha value is -2.88. The number of nitrogens with one attached hydrogen (secondary N) is 1. The fraction of sp³-hybridized carbons (Fsp3) is 0.111. The van der Waals surface area contributed by atoms with E-state index in [9.17, 15) is 4.79 Å². The summed E-state index contributed by atoms with van der Waals surface area (Å²) in [6.07, 6.45) is 5.53. The van der Waals surface area contributed by atoms with E-state index in [1.165, 1.54) is 0 Å². The third-order valence-corrected chi connectivity index (χ3v) is 3.46. The van der Waals surface area contributed by atoms with E-state index >= 15 is 0 Å². The lowest BCUT2D eigenvalue weighted by atomic mass is 10.1. The van der Waals surface area contributed by atoms with Gasteiger partial charge in [0.1, 0.15) is 6.04 Å².